The SMILES string of the molecule is O=C(Nc1nc(-c2ccccc2)cs1)N1CCN(c2ccccn2)CC1. The molecule has 1 aliphatic heterocycles. The van der Waals surface area contributed by atoms with Crippen LogP contribution in [0.15, 0.2) is 60.1 Å². The Balaban J connectivity index is 1.34. The first kappa shape index (κ1) is 16.5. The van der Waals surface area contributed by atoms with E-state index < -0.39 is 0 Å². The fraction of sp³-hybridized carbons (Fsp3) is 0.211. The fourth-order valence-electron chi connectivity index (χ4n) is 2.92. The molecule has 3 heterocycles. The number of benzene rings is 1. The number of nitrogens with one attached hydrogen (secondary N) is 1. The molecular weight excluding hydrogens is 346 g/mol. The highest BCUT2D eigenvalue weighted by atomic mass is 32.1. The number of pyridine rings is 1. The highest BCUT2D eigenvalue weighted by Crippen LogP contribution is 2.25. The maximum absolute atomic E-state index is 12.5. The van der Waals surface area contributed by atoms with Gasteiger partial charge in [0, 0.05) is 43.3 Å². The molecule has 1 aliphatic rings. The van der Waals surface area contributed by atoms with Gasteiger partial charge in [0.15, 0.2) is 5.13 Å². The lowest BCUT2D eigenvalue weighted by molar-refractivity contribution is 0.208. The van der Waals surface area contributed by atoms with Crippen molar-refractivity contribution in [3.63, 3.8) is 0 Å². The number of anilines is 2. The maximum atomic E-state index is 12.5. The molecule has 1 N–H and O–H groups in total. The Hall–Kier alpha value is -2.93. The van der Waals surface area contributed by atoms with Crippen molar-refractivity contribution in [2.75, 3.05) is 36.4 Å². The van der Waals surface area contributed by atoms with Crippen LogP contribution < -0.4 is 10.2 Å². The zero-order valence-corrected chi connectivity index (χ0v) is 15.0. The Kier molecular flexibility index (Phi) is 4.79. The van der Waals surface area contributed by atoms with Crippen LogP contribution in [0, 0.1) is 0 Å². The van der Waals surface area contributed by atoms with E-state index in [1.807, 2.05) is 58.8 Å². The van der Waals surface area contributed by atoms with E-state index in [0.29, 0.717) is 18.2 Å². The third-order valence-corrected chi connectivity index (χ3v) is 5.09. The summed E-state index contributed by atoms with van der Waals surface area (Å²) in [6, 6.07) is 15.7. The quantitative estimate of drug-likeness (QED) is 0.771. The highest BCUT2D eigenvalue weighted by Gasteiger charge is 2.22. The summed E-state index contributed by atoms with van der Waals surface area (Å²) >= 11 is 1.44. The number of carbonyl (C=O) groups is 1. The molecule has 2 aromatic heterocycles. The zero-order valence-electron chi connectivity index (χ0n) is 14.2. The van der Waals surface area contributed by atoms with Gasteiger partial charge in [-0.25, -0.2) is 14.8 Å². The summed E-state index contributed by atoms with van der Waals surface area (Å²) in [5, 5.41) is 5.50. The van der Waals surface area contributed by atoms with Gasteiger partial charge < -0.3 is 9.80 Å². The summed E-state index contributed by atoms with van der Waals surface area (Å²) in [5.74, 6) is 0.958. The Morgan fingerprint density at radius 2 is 1.77 bits per heavy atom. The zero-order chi connectivity index (χ0) is 17.8. The van der Waals surface area contributed by atoms with E-state index in [9.17, 15) is 4.79 Å². The standard InChI is InChI=1S/C19H19N5OS/c25-19(22-18-21-16(14-26-18)15-6-2-1-3-7-15)24-12-10-23(11-13-24)17-8-4-5-9-20-17/h1-9,14H,10-13H2,(H,21,22,25). The Morgan fingerprint density at radius 1 is 1.00 bits per heavy atom. The van der Waals surface area contributed by atoms with E-state index in [1.165, 1.54) is 11.3 Å². The monoisotopic (exact) mass is 365 g/mol. The van der Waals surface area contributed by atoms with Gasteiger partial charge in [0.2, 0.25) is 0 Å². The van der Waals surface area contributed by atoms with Gasteiger partial charge in [0.05, 0.1) is 5.69 Å². The number of aromatic nitrogens is 2. The molecule has 1 aromatic carbocycles. The van der Waals surface area contributed by atoms with Crippen LogP contribution in [0.5, 0.6) is 0 Å². The molecule has 0 spiro atoms. The lowest BCUT2D eigenvalue weighted by Gasteiger charge is -2.35. The lowest BCUT2D eigenvalue weighted by Crippen LogP contribution is -2.50. The molecule has 0 unspecified atom stereocenters. The number of carbonyl (C=O) groups excluding carboxylic acids is 1. The molecule has 3 aromatic rings. The molecule has 4 rings (SSSR count). The first-order valence-corrected chi connectivity index (χ1v) is 9.40. The second-order valence-electron chi connectivity index (χ2n) is 6.00. The Bertz CT molecular complexity index is 860. The van der Waals surface area contributed by atoms with E-state index in [-0.39, 0.29) is 6.03 Å². The van der Waals surface area contributed by atoms with Gasteiger partial charge >= 0.3 is 6.03 Å². The van der Waals surface area contributed by atoms with Crippen LogP contribution in [-0.4, -0.2) is 47.1 Å². The molecule has 0 aliphatic carbocycles. The number of nitrogens with zero attached hydrogens (tertiary/aromatic N) is 4. The first-order chi connectivity index (χ1) is 12.8. The Labute approximate surface area is 156 Å². The van der Waals surface area contributed by atoms with Crippen LogP contribution >= 0.6 is 11.3 Å². The molecule has 0 radical (unpaired) electrons. The van der Waals surface area contributed by atoms with E-state index in [0.717, 1.165) is 30.2 Å². The molecular formula is C19H19N5OS. The Morgan fingerprint density at radius 3 is 2.50 bits per heavy atom. The maximum Gasteiger partial charge on any atom is 0.323 e. The number of rotatable bonds is 3. The molecule has 6 nitrogen and oxygen atoms in total. The van der Waals surface area contributed by atoms with E-state index in [1.54, 1.807) is 6.20 Å². The van der Waals surface area contributed by atoms with Crippen molar-refractivity contribution in [1.29, 1.82) is 0 Å². The summed E-state index contributed by atoms with van der Waals surface area (Å²) in [6.07, 6.45) is 1.79. The number of thiazole rings is 1. The smallest absolute Gasteiger partial charge is 0.323 e. The van der Waals surface area contributed by atoms with Gasteiger partial charge in [-0.2, -0.15) is 0 Å². The van der Waals surface area contributed by atoms with Crippen molar-refractivity contribution in [3.05, 3.63) is 60.1 Å². The minimum absolute atomic E-state index is 0.0976. The normalized spacial score (nSPS) is 14.3. The van der Waals surface area contributed by atoms with E-state index in [2.05, 4.69) is 20.2 Å². The summed E-state index contributed by atoms with van der Waals surface area (Å²) in [6.45, 7) is 2.88. The van der Waals surface area contributed by atoms with Gasteiger partial charge in [0.1, 0.15) is 5.82 Å². The van der Waals surface area contributed by atoms with Gasteiger partial charge in [-0.1, -0.05) is 36.4 Å². The van der Waals surface area contributed by atoms with Crippen molar-refractivity contribution in [3.8, 4) is 11.3 Å². The molecule has 2 amide bonds. The molecule has 0 saturated carbocycles. The van der Waals surface area contributed by atoms with Crippen LogP contribution in [-0.2, 0) is 0 Å². The molecule has 0 bridgehead atoms. The van der Waals surface area contributed by atoms with Crippen LogP contribution in [0.4, 0.5) is 15.7 Å². The van der Waals surface area contributed by atoms with Crippen molar-refractivity contribution in [1.82, 2.24) is 14.9 Å². The number of hydrogen-bond donors (Lipinski definition) is 1. The molecule has 1 saturated heterocycles. The average Bonchev–Trinajstić information content (AvgIpc) is 3.18. The number of amides is 2. The van der Waals surface area contributed by atoms with Crippen LogP contribution in [0.2, 0.25) is 0 Å². The molecule has 1 fully saturated rings. The van der Waals surface area contributed by atoms with Crippen molar-refractivity contribution in [2.24, 2.45) is 0 Å². The van der Waals surface area contributed by atoms with E-state index >= 15 is 0 Å². The lowest BCUT2D eigenvalue weighted by atomic mass is 10.2. The van der Waals surface area contributed by atoms with Crippen molar-refractivity contribution in [2.45, 2.75) is 0 Å². The minimum atomic E-state index is -0.0976. The molecule has 26 heavy (non-hydrogen) atoms. The van der Waals surface area contributed by atoms with Gasteiger partial charge in [-0.3, -0.25) is 5.32 Å². The fourth-order valence-corrected chi connectivity index (χ4v) is 3.63. The number of urea groups is 1. The molecule has 0 atom stereocenters. The van der Waals surface area contributed by atoms with Crippen molar-refractivity contribution < 1.29 is 4.79 Å². The third-order valence-electron chi connectivity index (χ3n) is 4.33. The first-order valence-electron chi connectivity index (χ1n) is 8.52. The van der Waals surface area contributed by atoms with Gasteiger partial charge in [-0.15, -0.1) is 11.3 Å². The predicted molar refractivity (Wildman–Crippen MR) is 105 cm³/mol. The van der Waals surface area contributed by atoms with Crippen LogP contribution in [0.25, 0.3) is 11.3 Å². The number of piperazine rings is 1. The summed E-state index contributed by atoms with van der Waals surface area (Å²) in [4.78, 5) is 25.4. The number of hydrogen-bond acceptors (Lipinski definition) is 5. The van der Waals surface area contributed by atoms with Crippen LogP contribution in [0.1, 0.15) is 0 Å². The third kappa shape index (κ3) is 3.67. The summed E-state index contributed by atoms with van der Waals surface area (Å²) in [7, 11) is 0. The minimum Gasteiger partial charge on any atom is -0.353 e. The van der Waals surface area contributed by atoms with Gasteiger partial charge in [-0.05, 0) is 12.1 Å². The summed E-state index contributed by atoms with van der Waals surface area (Å²) in [5.41, 5.74) is 1.93. The van der Waals surface area contributed by atoms with E-state index in [4.69, 9.17) is 0 Å². The van der Waals surface area contributed by atoms with Gasteiger partial charge in [0.25, 0.3) is 0 Å². The predicted octanol–water partition coefficient (Wildman–Crippen LogP) is 3.56. The topological polar surface area (TPSA) is 61.4 Å². The van der Waals surface area contributed by atoms with Crippen molar-refractivity contribution >= 4 is 28.3 Å². The molecule has 132 valence electrons. The van der Waals surface area contributed by atoms with Crippen LogP contribution in [0.3, 0.4) is 0 Å². The molecule has 7 heteroatoms. The largest absolute Gasteiger partial charge is 0.353 e. The average molecular weight is 365 g/mol. The second kappa shape index (κ2) is 7.53. The highest BCUT2D eigenvalue weighted by molar-refractivity contribution is 7.14. The summed E-state index contributed by atoms with van der Waals surface area (Å²) < 4.78 is 0. The second-order valence-corrected chi connectivity index (χ2v) is 6.85.